The van der Waals surface area contributed by atoms with Gasteiger partial charge in [-0.05, 0) is 37.3 Å². The Bertz CT molecular complexity index is 687. The molecule has 5 heteroatoms. The van der Waals surface area contributed by atoms with Crippen LogP contribution in [0.1, 0.15) is 24.9 Å². The van der Waals surface area contributed by atoms with Gasteiger partial charge >= 0.3 is 0 Å². The molecule has 2 aromatic rings. The average molecular weight is 315 g/mol. The van der Waals surface area contributed by atoms with E-state index in [9.17, 15) is 9.18 Å². The van der Waals surface area contributed by atoms with Gasteiger partial charge in [-0.1, -0.05) is 18.2 Å². The first-order valence-corrected chi connectivity index (χ1v) is 7.58. The Balaban J connectivity index is 1.64. The summed E-state index contributed by atoms with van der Waals surface area (Å²) in [6, 6.07) is 13.2. The molecule has 1 amide bonds. The normalized spacial score (nSPS) is 17.6. The molecule has 2 aromatic carbocycles. The lowest BCUT2D eigenvalue weighted by Gasteiger charge is -2.27. The van der Waals surface area contributed by atoms with E-state index in [-0.39, 0.29) is 17.8 Å². The lowest BCUT2D eigenvalue weighted by molar-refractivity contribution is -0.128. The standard InChI is InChI=1S/C18H18FNO3/c1-12(23-14-8-6-13(19)7-9-14)18(21)20-16-10-11-22-17-5-3-2-4-15(16)17/h2-9,12,16H,10-11H2,1H3,(H,20,21)/t12-,16-/m0/s1. The topological polar surface area (TPSA) is 47.6 Å². The van der Waals surface area contributed by atoms with Crippen LogP contribution in [0.4, 0.5) is 4.39 Å². The number of hydrogen-bond acceptors (Lipinski definition) is 3. The van der Waals surface area contributed by atoms with Crippen molar-refractivity contribution in [2.24, 2.45) is 0 Å². The highest BCUT2D eigenvalue weighted by Gasteiger charge is 2.25. The van der Waals surface area contributed by atoms with Gasteiger partial charge in [0, 0.05) is 12.0 Å². The van der Waals surface area contributed by atoms with Crippen molar-refractivity contribution in [2.45, 2.75) is 25.5 Å². The lowest BCUT2D eigenvalue weighted by Crippen LogP contribution is -2.40. The second-order valence-corrected chi connectivity index (χ2v) is 5.45. The number of hydrogen-bond donors (Lipinski definition) is 1. The van der Waals surface area contributed by atoms with Gasteiger partial charge in [-0.3, -0.25) is 4.79 Å². The van der Waals surface area contributed by atoms with Gasteiger partial charge in [-0.2, -0.15) is 0 Å². The Morgan fingerprint density at radius 2 is 2.00 bits per heavy atom. The van der Waals surface area contributed by atoms with Crippen LogP contribution in [0.15, 0.2) is 48.5 Å². The maximum Gasteiger partial charge on any atom is 0.261 e. The van der Waals surface area contributed by atoms with Crippen LogP contribution < -0.4 is 14.8 Å². The van der Waals surface area contributed by atoms with Crippen molar-refractivity contribution in [3.63, 3.8) is 0 Å². The minimum atomic E-state index is -0.671. The third-order valence-corrected chi connectivity index (χ3v) is 3.77. The van der Waals surface area contributed by atoms with Gasteiger partial charge in [0.2, 0.25) is 0 Å². The van der Waals surface area contributed by atoms with Crippen molar-refractivity contribution in [1.29, 1.82) is 0 Å². The first kappa shape index (κ1) is 15.3. The Hall–Kier alpha value is -2.56. The molecule has 4 nitrogen and oxygen atoms in total. The lowest BCUT2D eigenvalue weighted by atomic mass is 10.0. The van der Waals surface area contributed by atoms with E-state index in [1.54, 1.807) is 6.92 Å². The molecule has 0 saturated heterocycles. The molecule has 0 aliphatic carbocycles. The quantitative estimate of drug-likeness (QED) is 0.942. The summed E-state index contributed by atoms with van der Waals surface area (Å²) in [5.74, 6) is 0.710. The van der Waals surface area contributed by atoms with Gasteiger partial charge in [0.15, 0.2) is 6.10 Å². The molecular weight excluding hydrogens is 297 g/mol. The molecule has 0 saturated carbocycles. The van der Waals surface area contributed by atoms with Crippen LogP contribution in [0.25, 0.3) is 0 Å². The van der Waals surface area contributed by atoms with Gasteiger partial charge in [0.05, 0.1) is 12.6 Å². The van der Waals surface area contributed by atoms with Gasteiger partial charge in [-0.25, -0.2) is 4.39 Å². The predicted octanol–water partition coefficient (Wildman–Crippen LogP) is 3.23. The van der Waals surface area contributed by atoms with E-state index in [1.807, 2.05) is 24.3 Å². The van der Waals surface area contributed by atoms with E-state index in [0.717, 1.165) is 11.3 Å². The van der Waals surface area contributed by atoms with Crippen molar-refractivity contribution in [3.8, 4) is 11.5 Å². The van der Waals surface area contributed by atoms with E-state index < -0.39 is 6.10 Å². The number of ether oxygens (including phenoxy) is 2. The zero-order valence-electron chi connectivity index (χ0n) is 12.8. The molecule has 120 valence electrons. The summed E-state index contributed by atoms with van der Waals surface area (Å²) >= 11 is 0. The van der Waals surface area contributed by atoms with Gasteiger partial charge < -0.3 is 14.8 Å². The predicted molar refractivity (Wildman–Crippen MR) is 83.9 cm³/mol. The summed E-state index contributed by atoms with van der Waals surface area (Å²) in [6.07, 6.45) is 0.0434. The molecule has 0 aromatic heterocycles. The summed E-state index contributed by atoms with van der Waals surface area (Å²) in [7, 11) is 0. The first-order valence-electron chi connectivity index (χ1n) is 7.58. The number of rotatable bonds is 4. The molecule has 0 fully saturated rings. The highest BCUT2D eigenvalue weighted by Crippen LogP contribution is 2.31. The number of carbonyl (C=O) groups is 1. The Kier molecular flexibility index (Phi) is 4.46. The fourth-order valence-corrected chi connectivity index (χ4v) is 2.55. The summed E-state index contributed by atoms with van der Waals surface area (Å²) < 4.78 is 24.0. The first-order chi connectivity index (χ1) is 11.1. The van der Waals surface area contributed by atoms with E-state index in [0.29, 0.717) is 18.8 Å². The largest absolute Gasteiger partial charge is 0.493 e. The molecular formula is C18H18FNO3. The second-order valence-electron chi connectivity index (χ2n) is 5.45. The molecule has 1 aliphatic heterocycles. The number of halogens is 1. The minimum Gasteiger partial charge on any atom is -0.493 e. The SMILES string of the molecule is C[C@H](Oc1ccc(F)cc1)C(=O)N[C@H]1CCOc2ccccc21. The monoisotopic (exact) mass is 315 g/mol. The van der Waals surface area contributed by atoms with Gasteiger partial charge in [0.25, 0.3) is 5.91 Å². The van der Waals surface area contributed by atoms with E-state index in [1.165, 1.54) is 24.3 Å². The zero-order valence-corrected chi connectivity index (χ0v) is 12.8. The molecule has 0 unspecified atom stereocenters. The van der Waals surface area contributed by atoms with Crippen LogP contribution in [0.5, 0.6) is 11.5 Å². The van der Waals surface area contributed by atoms with Crippen LogP contribution in [-0.4, -0.2) is 18.6 Å². The summed E-state index contributed by atoms with van der Waals surface area (Å²) in [4.78, 5) is 12.3. The smallest absolute Gasteiger partial charge is 0.261 e. The van der Waals surface area contributed by atoms with Crippen molar-refractivity contribution in [2.75, 3.05) is 6.61 Å². The fourth-order valence-electron chi connectivity index (χ4n) is 2.55. The maximum absolute atomic E-state index is 12.9. The Morgan fingerprint density at radius 3 is 2.78 bits per heavy atom. The summed E-state index contributed by atoms with van der Waals surface area (Å²) in [5.41, 5.74) is 0.973. The van der Waals surface area contributed by atoms with Crippen LogP contribution in [0, 0.1) is 5.82 Å². The minimum absolute atomic E-state index is 0.0910. The number of amides is 1. The van der Waals surface area contributed by atoms with Crippen molar-refractivity contribution in [3.05, 3.63) is 59.9 Å². The van der Waals surface area contributed by atoms with Crippen LogP contribution in [0.3, 0.4) is 0 Å². The van der Waals surface area contributed by atoms with E-state index in [4.69, 9.17) is 9.47 Å². The second kappa shape index (κ2) is 6.69. The maximum atomic E-state index is 12.9. The number of nitrogens with one attached hydrogen (secondary N) is 1. The molecule has 1 heterocycles. The number of carbonyl (C=O) groups excluding carboxylic acids is 1. The van der Waals surface area contributed by atoms with Crippen LogP contribution in [-0.2, 0) is 4.79 Å². The Morgan fingerprint density at radius 1 is 1.26 bits per heavy atom. The van der Waals surface area contributed by atoms with Gasteiger partial charge in [-0.15, -0.1) is 0 Å². The molecule has 3 rings (SSSR count). The Labute approximate surface area is 134 Å². The highest BCUT2D eigenvalue weighted by atomic mass is 19.1. The van der Waals surface area contributed by atoms with E-state index >= 15 is 0 Å². The van der Waals surface area contributed by atoms with Gasteiger partial charge in [0.1, 0.15) is 17.3 Å². The van der Waals surface area contributed by atoms with Crippen molar-refractivity contribution < 1.29 is 18.7 Å². The zero-order chi connectivity index (χ0) is 16.2. The number of para-hydroxylation sites is 1. The number of fused-ring (bicyclic) bond motifs is 1. The summed E-state index contributed by atoms with van der Waals surface area (Å²) in [5, 5.41) is 2.99. The average Bonchev–Trinajstić information content (AvgIpc) is 2.57. The molecule has 1 N–H and O–H groups in total. The third kappa shape index (κ3) is 3.62. The third-order valence-electron chi connectivity index (χ3n) is 3.77. The van der Waals surface area contributed by atoms with Crippen molar-refractivity contribution >= 4 is 5.91 Å². The molecule has 0 bridgehead atoms. The molecule has 0 radical (unpaired) electrons. The molecule has 0 spiro atoms. The molecule has 23 heavy (non-hydrogen) atoms. The summed E-state index contributed by atoms with van der Waals surface area (Å²) in [6.45, 7) is 2.24. The number of benzene rings is 2. The molecule has 2 atom stereocenters. The highest BCUT2D eigenvalue weighted by molar-refractivity contribution is 5.81. The van der Waals surface area contributed by atoms with Crippen LogP contribution in [0.2, 0.25) is 0 Å². The van der Waals surface area contributed by atoms with Crippen LogP contribution >= 0.6 is 0 Å². The van der Waals surface area contributed by atoms with Crippen molar-refractivity contribution in [1.82, 2.24) is 5.32 Å². The fraction of sp³-hybridized carbons (Fsp3) is 0.278. The molecule has 1 aliphatic rings. The van der Waals surface area contributed by atoms with E-state index in [2.05, 4.69) is 5.32 Å².